The zero-order valence-electron chi connectivity index (χ0n) is 11.8. The van der Waals surface area contributed by atoms with Crippen LogP contribution in [0.25, 0.3) is 0 Å². The highest BCUT2D eigenvalue weighted by atomic mass is 79.9. The van der Waals surface area contributed by atoms with Crippen LogP contribution in [-0.4, -0.2) is 31.8 Å². The Bertz CT molecular complexity index is 709. The fourth-order valence-electron chi connectivity index (χ4n) is 1.85. The van der Waals surface area contributed by atoms with E-state index in [4.69, 9.17) is 0 Å². The maximum absolute atomic E-state index is 12.3. The lowest BCUT2D eigenvalue weighted by molar-refractivity contribution is 0.581. The molecule has 0 aliphatic rings. The quantitative estimate of drug-likeness (QED) is 0.748. The summed E-state index contributed by atoms with van der Waals surface area (Å²) < 4.78 is 29.5. The molecule has 2 N–H and O–H groups in total. The van der Waals surface area contributed by atoms with E-state index in [2.05, 4.69) is 31.1 Å². The van der Waals surface area contributed by atoms with Gasteiger partial charge in [0.05, 0.1) is 9.98 Å². The van der Waals surface area contributed by atoms with Crippen molar-refractivity contribution in [3.8, 4) is 0 Å². The van der Waals surface area contributed by atoms with Gasteiger partial charge < -0.3 is 5.32 Å². The minimum Gasteiger partial charge on any atom is -0.315 e. The fourth-order valence-corrected chi connectivity index (χ4v) is 5.58. The van der Waals surface area contributed by atoms with Crippen LogP contribution in [-0.2, 0) is 30.0 Å². The summed E-state index contributed by atoms with van der Waals surface area (Å²) in [5, 5.41) is 7.06. The Morgan fingerprint density at radius 1 is 1.48 bits per heavy atom. The summed E-state index contributed by atoms with van der Waals surface area (Å²) in [5.41, 5.74) is 1.00. The predicted octanol–water partition coefficient (Wildman–Crippen LogP) is 1.48. The number of nitrogens with one attached hydrogen (secondary N) is 2. The van der Waals surface area contributed by atoms with E-state index in [0.29, 0.717) is 28.2 Å². The van der Waals surface area contributed by atoms with Gasteiger partial charge in [0.2, 0.25) is 10.0 Å². The van der Waals surface area contributed by atoms with E-state index in [-0.39, 0.29) is 0 Å². The number of rotatable bonds is 7. The summed E-state index contributed by atoms with van der Waals surface area (Å²) in [7, 11) is 0.167. The van der Waals surface area contributed by atoms with Gasteiger partial charge in [0.25, 0.3) is 0 Å². The van der Waals surface area contributed by atoms with E-state index in [1.165, 1.54) is 11.3 Å². The first-order valence-electron chi connectivity index (χ1n) is 6.32. The average Bonchev–Trinajstić information content (AvgIpc) is 2.96. The molecule has 0 aliphatic heterocycles. The van der Waals surface area contributed by atoms with Crippen molar-refractivity contribution in [2.24, 2.45) is 7.05 Å². The van der Waals surface area contributed by atoms with Gasteiger partial charge in [-0.05, 0) is 41.0 Å². The van der Waals surface area contributed by atoms with Crippen LogP contribution in [0.1, 0.15) is 10.4 Å². The minimum absolute atomic E-state index is 0.295. The topological polar surface area (TPSA) is 76.0 Å². The third kappa shape index (κ3) is 4.36. The number of halogens is 1. The molecule has 9 heteroatoms. The molecule has 0 fully saturated rings. The zero-order valence-corrected chi connectivity index (χ0v) is 15.0. The molecule has 21 heavy (non-hydrogen) atoms. The predicted molar refractivity (Wildman–Crippen MR) is 86.9 cm³/mol. The van der Waals surface area contributed by atoms with Gasteiger partial charge in [0.1, 0.15) is 4.90 Å². The lowest BCUT2D eigenvalue weighted by Crippen LogP contribution is -2.25. The first-order chi connectivity index (χ1) is 9.92. The van der Waals surface area contributed by atoms with Gasteiger partial charge in [-0.1, -0.05) is 0 Å². The lowest BCUT2D eigenvalue weighted by Gasteiger charge is -2.04. The first kappa shape index (κ1) is 16.6. The highest BCUT2D eigenvalue weighted by Gasteiger charge is 2.20. The molecule has 0 aromatic carbocycles. The van der Waals surface area contributed by atoms with Crippen LogP contribution in [0.2, 0.25) is 0 Å². The summed E-state index contributed by atoms with van der Waals surface area (Å²) in [6, 6.07) is 1.69. The van der Waals surface area contributed by atoms with Gasteiger partial charge in [-0.15, -0.1) is 11.3 Å². The lowest BCUT2D eigenvalue weighted by atomic mass is 10.3. The number of hydrogen-bond donors (Lipinski definition) is 2. The number of aryl methyl sites for hydroxylation is 1. The molecule has 2 rings (SSSR count). The van der Waals surface area contributed by atoms with Crippen molar-refractivity contribution in [3.05, 3.63) is 32.7 Å². The number of thiophene rings is 1. The van der Waals surface area contributed by atoms with Crippen molar-refractivity contribution in [2.45, 2.75) is 17.9 Å². The molecule has 0 unspecified atom stereocenters. The molecule has 0 amide bonds. The van der Waals surface area contributed by atoms with Gasteiger partial charge in [0.15, 0.2) is 0 Å². The molecular formula is C12H17BrN4O2S2. The van der Waals surface area contributed by atoms with Crippen LogP contribution in [0.4, 0.5) is 0 Å². The van der Waals surface area contributed by atoms with Crippen molar-refractivity contribution in [1.82, 2.24) is 19.8 Å². The number of nitrogens with zero attached hydrogens (tertiary/aromatic N) is 2. The highest BCUT2D eigenvalue weighted by Crippen LogP contribution is 2.31. The van der Waals surface area contributed by atoms with Gasteiger partial charge in [-0.3, -0.25) is 4.68 Å². The number of hydrogen-bond acceptors (Lipinski definition) is 5. The summed E-state index contributed by atoms with van der Waals surface area (Å²) in [6.07, 6.45) is 4.22. The molecule has 0 saturated carbocycles. The molecule has 0 spiro atoms. The van der Waals surface area contributed by atoms with E-state index < -0.39 is 10.0 Å². The van der Waals surface area contributed by atoms with E-state index >= 15 is 0 Å². The smallest absolute Gasteiger partial charge is 0.242 e. The molecule has 0 saturated heterocycles. The highest BCUT2D eigenvalue weighted by molar-refractivity contribution is 9.11. The Hall–Kier alpha value is -0.740. The second-order valence-electron chi connectivity index (χ2n) is 4.55. The van der Waals surface area contributed by atoms with Crippen molar-refractivity contribution in [3.63, 3.8) is 0 Å². The third-order valence-electron chi connectivity index (χ3n) is 2.81. The van der Waals surface area contributed by atoms with E-state index in [1.54, 1.807) is 16.9 Å². The molecule has 2 heterocycles. The molecule has 6 nitrogen and oxygen atoms in total. The Labute approximate surface area is 136 Å². The summed E-state index contributed by atoms with van der Waals surface area (Å²) in [5.74, 6) is 0. The molecule has 0 radical (unpaired) electrons. The minimum atomic E-state index is -3.49. The maximum atomic E-state index is 12.3. The van der Waals surface area contributed by atoms with E-state index in [1.807, 2.05) is 20.3 Å². The largest absolute Gasteiger partial charge is 0.315 e. The van der Waals surface area contributed by atoms with E-state index in [9.17, 15) is 8.42 Å². The normalized spacial score (nSPS) is 12.0. The van der Waals surface area contributed by atoms with Crippen molar-refractivity contribution in [2.75, 3.05) is 13.6 Å². The van der Waals surface area contributed by atoms with Crippen molar-refractivity contribution >= 4 is 37.3 Å². The van der Waals surface area contributed by atoms with Gasteiger partial charge in [0, 0.05) is 31.2 Å². The van der Waals surface area contributed by atoms with Gasteiger partial charge in [-0.25, -0.2) is 13.1 Å². The Morgan fingerprint density at radius 2 is 2.24 bits per heavy atom. The SMILES string of the molecule is CNCc1cc(S(=O)(=O)NCCc2cnn(C)c2)c(Br)s1. The van der Waals surface area contributed by atoms with Crippen LogP contribution in [0.15, 0.2) is 27.1 Å². The molecule has 0 aliphatic carbocycles. The van der Waals surface area contributed by atoms with Crippen LogP contribution < -0.4 is 10.0 Å². The third-order valence-corrected chi connectivity index (χ3v) is 6.52. The number of sulfonamides is 1. The Balaban J connectivity index is 2.01. The fraction of sp³-hybridized carbons (Fsp3) is 0.417. The van der Waals surface area contributed by atoms with Crippen molar-refractivity contribution < 1.29 is 8.42 Å². The standard InChI is InChI=1S/C12H17BrN4O2S2/c1-14-7-10-5-11(12(13)20-10)21(18,19)16-4-3-9-6-15-17(2)8-9/h5-6,8,14,16H,3-4,7H2,1-2H3. The summed E-state index contributed by atoms with van der Waals surface area (Å²) >= 11 is 4.74. The molecule has 0 bridgehead atoms. The Kier molecular flexibility index (Phi) is 5.55. The average molecular weight is 393 g/mol. The zero-order chi connectivity index (χ0) is 15.5. The van der Waals surface area contributed by atoms with Crippen LogP contribution in [0.5, 0.6) is 0 Å². The summed E-state index contributed by atoms with van der Waals surface area (Å²) in [6.45, 7) is 0.992. The Morgan fingerprint density at radius 3 is 2.86 bits per heavy atom. The molecule has 116 valence electrons. The van der Waals surface area contributed by atoms with Crippen molar-refractivity contribution in [1.29, 1.82) is 0 Å². The maximum Gasteiger partial charge on any atom is 0.242 e. The monoisotopic (exact) mass is 392 g/mol. The molecule has 0 atom stereocenters. The summed E-state index contributed by atoms with van der Waals surface area (Å²) in [4.78, 5) is 1.26. The second kappa shape index (κ2) is 7.01. The second-order valence-corrected chi connectivity index (χ2v) is 8.74. The van der Waals surface area contributed by atoms with Gasteiger partial charge >= 0.3 is 0 Å². The first-order valence-corrected chi connectivity index (χ1v) is 9.41. The van der Waals surface area contributed by atoms with Crippen LogP contribution in [0, 0.1) is 0 Å². The molecular weight excluding hydrogens is 376 g/mol. The van der Waals surface area contributed by atoms with Crippen LogP contribution in [0.3, 0.4) is 0 Å². The molecule has 2 aromatic rings. The van der Waals surface area contributed by atoms with E-state index in [0.717, 1.165) is 10.4 Å². The van der Waals surface area contributed by atoms with Crippen LogP contribution >= 0.6 is 27.3 Å². The number of aromatic nitrogens is 2. The molecule has 2 aromatic heterocycles. The van der Waals surface area contributed by atoms with Gasteiger partial charge in [-0.2, -0.15) is 5.10 Å².